The molecule has 0 aromatic rings. The van der Waals surface area contributed by atoms with E-state index in [0.29, 0.717) is 6.42 Å². The molecule has 1 N–H and O–H groups in total. The van der Waals surface area contributed by atoms with Gasteiger partial charge >= 0.3 is 5.97 Å². The number of rotatable bonds is 5. The van der Waals surface area contributed by atoms with Crippen LogP contribution in [0.3, 0.4) is 0 Å². The summed E-state index contributed by atoms with van der Waals surface area (Å²) in [6, 6.07) is 0. The van der Waals surface area contributed by atoms with E-state index in [9.17, 15) is 18.3 Å². The second kappa shape index (κ2) is 4.68. The molecule has 0 atom stereocenters. The number of hydrogen-bond acceptors (Lipinski definition) is 5. The van der Waals surface area contributed by atoms with Crippen LogP contribution in [0.25, 0.3) is 0 Å². The van der Waals surface area contributed by atoms with Crippen LogP contribution >= 0.6 is 0 Å². The minimum absolute atomic E-state index is 0.118. The van der Waals surface area contributed by atoms with Crippen molar-refractivity contribution in [1.82, 2.24) is 4.31 Å². The number of β-amino-alcohol motifs (C(OH)–C–C–N with tert-alkyl or cyclic N) is 1. The average molecular weight is 251 g/mol. The van der Waals surface area contributed by atoms with E-state index in [0.717, 1.165) is 0 Å². The van der Waals surface area contributed by atoms with Gasteiger partial charge in [-0.25, -0.2) is 8.42 Å². The van der Waals surface area contributed by atoms with Crippen molar-refractivity contribution in [2.45, 2.75) is 25.4 Å². The molecule has 94 valence electrons. The molecule has 6 nitrogen and oxygen atoms in total. The molecule has 7 heteroatoms. The first kappa shape index (κ1) is 13.4. The van der Waals surface area contributed by atoms with Crippen LogP contribution in [-0.4, -0.2) is 55.4 Å². The minimum atomic E-state index is -3.44. The molecule has 0 aromatic heterocycles. The lowest BCUT2D eigenvalue weighted by atomic mass is 9.94. The maximum Gasteiger partial charge on any atom is 0.306 e. The minimum Gasteiger partial charge on any atom is -0.469 e. The van der Waals surface area contributed by atoms with Gasteiger partial charge in [0, 0.05) is 13.1 Å². The van der Waals surface area contributed by atoms with Gasteiger partial charge in [-0.05, 0) is 6.42 Å². The smallest absolute Gasteiger partial charge is 0.306 e. The number of aliphatic hydroxyl groups is 1. The van der Waals surface area contributed by atoms with Crippen molar-refractivity contribution in [2.75, 3.05) is 26.0 Å². The Bertz CT molecular complexity index is 358. The SMILES string of the molecule is CCC1(O)CN(S(=O)(=O)CCC(=O)OC)C1. The van der Waals surface area contributed by atoms with Crippen LogP contribution < -0.4 is 0 Å². The molecule has 1 saturated heterocycles. The highest BCUT2D eigenvalue weighted by Gasteiger charge is 2.45. The van der Waals surface area contributed by atoms with E-state index in [-0.39, 0.29) is 25.3 Å². The number of carbonyl (C=O) groups is 1. The molecule has 1 aliphatic heterocycles. The molecule has 0 spiro atoms. The fourth-order valence-electron chi connectivity index (χ4n) is 1.47. The molecule has 16 heavy (non-hydrogen) atoms. The fraction of sp³-hybridized carbons (Fsp3) is 0.889. The number of nitrogens with zero attached hydrogens (tertiary/aromatic N) is 1. The number of carbonyl (C=O) groups excluding carboxylic acids is 1. The molecular formula is C9H17NO5S. The van der Waals surface area contributed by atoms with E-state index in [1.54, 1.807) is 6.92 Å². The first-order chi connectivity index (χ1) is 7.33. The second-order valence-electron chi connectivity index (χ2n) is 3.99. The van der Waals surface area contributed by atoms with Gasteiger partial charge < -0.3 is 9.84 Å². The molecule has 0 aromatic carbocycles. The molecule has 1 aliphatic rings. The molecule has 1 rings (SSSR count). The summed E-state index contributed by atoms with van der Waals surface area (Å²) < 4.78 is 28.8. The van der Waals surface area contributed by atoms with Crippen molar-refractivity contribution in [1.29, 1.82) is 0 Å². The zero-order valence-corrected chi connectivity index (χ0v) is 10.3. The van der Waals surface area contributed by atoms with Gasteiger partial charge in [0.15, 0.2) is 0 Å². The van der Waals surface area contributed by atoms with E-state index < -0.39 is 21.6 Å². The Labute approximate surface area is 95.2 Å². The molecule has 0 aliphatic carbocycles. The van der Waals surface area contributed by atoms with Crippen molar-refractivity contribution in [2.24, 2.45) is 0 Å². The van der Waals surface area contributed by atoms with Gasteiger partial charge in [-0.2, -0.15) is 4.31 Å². The quantitative estimate of drug-likeness (QED) is 0.655. The van der Waals surface area contributed by atoms with Gasteiger partial charge in [-0.1, -0.05) is 6.92 Å². The molecule has 0 saturated carbocycles. The van der Waals surface area contributed by atoms with E-state index in [2.05, 4.69) is 4.74 Å². The van der Waals surface area contributed by atoms with Crippen LogP contribution in [0, 0.1) is 0 Å². The van der Waals surface area contributed by atoms with Crippen LogP contribution in [0.5, 0.6) is 0 Å². The summed E-state index contributed by atoms with van der Waals surface area (Å²) in [6.45, 7) is 2.04. The summed E-state index contributed by atoms with van der Waals surface area (Å²) in [5.41, 5.74) is -0.891. The van der Waals surface area contributed by atoms with Crippen LogP contribution in [0.15, 0.2) is 0 Å². The second-order valence-corrected chi connectivity index (χ2v) is 6.08. The fourth-order valence-corrected chi connectivity index (χ4v) is 3.03. The summed E-state index contributed by atoms with van der Waals surface area (Å²) in [5, 5.41) is 9.68. The van der Waals surface area contributed by atoms with Crippen LogP contribution in [0.4, 0.5) is 0 Å². The first-order valence-corrected chi connectivity index (χ1v) is 6.71. The molecule has 0 unspecified atom stereocenters. The number of esters is 1. The zero-order chi connectivity index (χ0) is 12.4. The number of sulfonamides is 1. The third-order valence-corrected chi connectivity index (χ3v) is 4.55. The lowest BCUT2D eigenvalue weighted by Crippen LogP contribution is -2.63. The predicted octanol–water partition coefficient (Wildman–Crippen LogP) is -0.664. The Hall–Kier alpha value is -0.660. The largest absolute Gasteiger partial charge is 0.469 e. The Balaban J connectivity index is 2.46. The van der Waals surface area contributed by atoms with Crippen molar-refractivity contribution in [3.8, 4) is 0 Å². The standard InChI is InChI=1S/C9H17NO5S/c1-3-9(12)6-10(7-9)16(13,14)5-4-8(11)15-2/h12H,3-7H2,1-2H3. The lowest BCUT2D eigenvalue weighted by molar-refractivity contribution is -0.140. The van der Waals surface area contributed by atoms with Gasteiger partial charge in [-0.3, -0.25) is 4.79 Å². The summed E-state index contributed by atoms with van der Waals surface area (Å²) in [6.07, 6.45) is 0.371. The Morgan fingerprint density at radius 2 is 2.06 bits per heavy atom. The third kappa shape index (κ3) is 2.93. The van der Waals surface area contributed by atoms with E-state index in [4.69, 9.17) is 0 Å². The average Bonchev–Trinajstić information content (AvgIpc) is 2.21. The number of methoxy groups -OCH3 is 1. The summed E-state index contributed by atoms with van der Waals surface area (Å²) in [4.78, 5) is 10.8. The van der Waals surface area contributed by atoms with Gasteiger partial charge in [0.25, 0.3) is 0 Å². The predicted molar refractivity (Wildman–Crippen MR) is 57.2 cm³/mol. The Morgan fingerprint density at radius 1 is 1.50 bits per heavy atom. The monoisotopic (exact) mass is 251 g/mol. The number of hydrogen-bond donors (Lipinski definition) is 1. The van der Waals surface area contributed by atoms with Gasteiger partial charge in [0.05, 0.1) is 24.9 Å². The van der Waals surface area contributed by atoms with Crippen molar-refractivity contribution in [3.63, 3.8) is 0 Å². The summed E-state index contributed by atoms with van der Waals surface area (Å²) >= 11 is 0. The molecule has 0 amide bonds. The maximum atomic E-state index is 11.6. The highest BCUT2D eigenvalue weighted by Crippen LogP contribution is 2.27. The van der Waals surface area contributed by atoms with Crippen LogP contribution in [-0.2, 0) is 19.6 Å². The summed E-state index contributed by atoms with van der Waals surface area (Å²) in [5.74, 6) is -0.811. The topological polar surface area (TPSA) is 83.9 Å². The Kier molecular flexibility index (Phi) is 3.92. The van der Waals surface area contributed by atoms with Gasteiger partial charge in [0.1, 0.15) is 0 Å². The maximum absolute atomic E-state index is 11.6. The highest BCUT2D eigenvalue weighted by atomic mass is 32.2. The van der Waals surface area contributed by atoms with Crippen molar-refractivity contribution >= 4 is 16.0 Å². The third-order valence-electron chi connectivity index (χ3n) is 2.78. The molecular weight excluding hydrogens is 234 g/mol. The van der Waals surface area contributed by atoms with Crippen molar-refractivity contribution < 1.29 is 23.1 Å². The molecule has 0 radical (unpaired) electrons. The van der Waals surface area contributed by atoms with Crippen molar-refractivity contribution in [3.05, 3.63) is 0 Å². The zero-order valence-electron chi connectivity index (χ0n) is 9.47. The molecule has 0 bridgehead atoms. The van der Waals surface area contributed by atoms with E-state index in [1.807, 2.05) is 0 Å². The Morgan fingerprint density at radius 3 is 2.50 bits per heavy atom. The van der Waals surface area contributed by atoms with Crippen LogP contribution in [0.1, 0.15) is 19.8 Å². The van der Waals surface area contributed by atoms with E-state index >= 15 is 0 Å². The van der Waals surface area contributed by atoms with Gasteiger partial charge in [-0.15, -0.1) is 0 Å². The molecule has 1 heterocycles. The highest BCUT2D eigenvalue weighted by molar-refractivity contribution is 7.89. The normalized spacial score (nSPS) is 20.2. The van der Waals surface area contributed by atoms with Gasteiger partial charge in [0.2, 0.25) is 10.0 Å². The molecule has 1 fully saturated rings. The number of ether oxygens (including phenoxy) is 1. The van der Waals surface area contributed by atoms with E-state index in [1.165, 1.54) is 11.4 Å². The lowest BCUT2D eigenvalue weighted by Gasteiger charge is -2.44. The first-order valence-electron chi connectivity index (χ1n) is 5.10. The van der Waals surface area contributed by atoms with Crippen LogP contribution in [0.2, 0.25) is 0 Å². The summed E-state index contributed by atoms with van der Waals surface area (Å²) in [7, 11) is -2.22.